The predicted octanol–water partition coefficient (Wildman–Crippen LogP) is 3.71. The van der Waals surface area contributed by atoms with Gasteiger partial charge >= 0.3 is 0 Å². The highest BCUT2D eigenvalue weighted by Crippen LogP contribution is 2.38. The molecule has 2 heterocycles. The number of benzene rings is 2. The molecule has 1 aliphatic carbocycles. The van der Waals surface area contributed by atoms with Gasteiger partial charge in [0.25, 0.3) is 5.91 Å². The summed E-state index contributed by atoms with van der Waals surface area (Å²) in [5.41, 5.74) is 8.52. The van der Waals surface area contributed by atoms with E-state index in [-0.39, 0.29) is 18.0 Å². The number of fused-ring (bicyclic) bond motifs is 1. The number of nitrogen functional groups attached to an aromatic ring is 1. The SMILES string of the molecule is CC#CC(=O)N[C@H]1C[C@@H](n2nc(-c3ccc(Oc4ccccc4)cc3)c3c(N)ncnc32)C1. The van der Waals surface area contributed by atoms with Gasteiger partial charge in [-0.3, -0.25) is 4.79 Å². The minimum Gasteiger partial charge on any atom is -0.457 e. The van der Waals surface area contributed by atoms with Crippen LogP contribution in [0, 0.1) is 11.8 Å². The lowest BCUT2D eigenvalue weighted by molar-refractivity contribution is -0.117. The largest absolute Gasteiger partial charge is 0.457 e. The van der Waals surface area contributed by atoms with E-state index in [0.29, 0.717) is 11.5 Å². The van der Waals surface area contributed by atoms with Gasteiger partial charge in [0.2, 0.25) is 0 Å². The molecule has 1 aliphatic rings. The van der Waals surface area contributed by atoms with Crippen LogP contribution >= 0.6 is 0 Å². The lowest BCUT2D eigenvalue weighted by Crippen LogP contribution is -2.44. The molecule has 0 radical (unpaired) electrons. The number of nitrogens with two attached hydrogens (primary N) is 1. The Labute approximate surface area is 190 Å². The van der Waals surface area contributed by atoms with E-state index >= 15 is 0 Å². The molecule has 3 N–H and O–H groups in total. The zero-order chi connectivity index (χ0) is 22.8. The Balaban J connectivity index is 1.41. The van der Waals surface area contributed by atoms with Crippen molar-refractivity contribution in [1.82, 2.24) is 25.1 Å². The molecule has 5 rings (SSSR count). The van der Waals surface area contributed by atoms with Crippen molar-refractivity contribution in [2.24, 2.45) is 0 Å². The number of nitrogens with zero attached hydrogens (tertiary/aromatic N) is 4. The molecule has 1 amide bonds. The van der Waals surface area contributed by atoms with Gasteiger partial charge in [-0.15, -0.1) is 0 Å². The highest BCUT2D eigenvalue weighted by atomic mass is 16.5. The molecule has 1 fully saturated rings. The van der Waals surface area contributed by atoms with E-state index in [2.05, 4.69) is 27.1 Å². The lowest BCUT2D eigenvalue weighted by atomic mass is 9.87. The van der Waals surface area contributed by atoms with Crippen molar-refractivity contribution in [1.29, 1.82) is 0 Å². The number of para-hydroxylation sites is 1. The van der Waals surface area contributed by atoms with Crippen LogP contribution in [0.2, 0.25) is 0 Å². The van der Waals surface area contributed by atoms with Gasteiger partial charge in [-0.05, 0) is 62.1 Å². The standard InChI is InChI=1S/C25H22N6O2/c1-2-6-21(32)29-17-13-18(14-17)31-25-22(24(26)27-15-28-25)23(30-31)16-9-11-20(12-10-16)33-19-7-4-3-5-8-19/h3-5,7-12,15,17-18H,13-14H2,1H3,(H,29,32)(H2,26,27,28)/t17-,18+. The smallest absolute Gasteiger partial charge is 0.296 e. The topological polar surface area (TPSA) is 108 Å². The number of ether oxygens (including phenoxy) is 1. The van der Waals surface area contributed by atoms with Crippen LogP contribution in [0.15, 0.2) is 60.9 Å². The summed E-state index contributed by atoms with van der Waals surface area (Å²) in [4.78, 5) is 20.4. The first kappa shape index (κ1) is 20.5. The number of rotatable bonds is 5. The highest BCUT2D eigenvalue weighted by molar-refractivity contribution is 5.98. The fraction of sp³-hybridized carbons (Fsp3) is 0.200. The molecule has 33 heavy (non-hydrogen) atoms. The minimum atomic E-state index is -0.253. The van der Waals surface area contributed by atoms with Gasteiger partial charge < -0.3 is 15.8 Å². The minimum absolute atomic E-state index is 0.0691. The van der Waals surface area contributed by atoms with Gasteiger partial charge in [0, 0.05) is 11.6 Å². The molecular weight excluding hydrogens is 416 g/mol. The van der Waals surface area contributed by atoms with Gasteiger partial charge in [-0.2, -0.15) is 5.10 Å². The van der Waals surface area contributed by atoms with Gasteiger partial charge in [-0.1, -0.05) is 24.1 Å². The quantitative estimate of drug-likeness (QED) is 0.460. The number of hydrogen-bond acceptors (Lipinski definition) is 6. The molecule has 1 saturated carbocycles. The maximum absolute atomic E-state index is 11.7. The summed E-state index contributed by atoms with van der Waals surface area (Å²) in [6, 6.07) is 17.5. The fourth-order valence-electron chi connectivity index (χ4n) is 4.00. The van der Waals surface area contributed by atoms with Crippen LogP contribution in [0.3, 0.4) is 0 Å². The van der Waals surface area contributed by atoms with Crippen molar-refractivity contribution in [3.05, 3.63) is 60.9 Å². The van der Waals surface area contributed by atoms with E-state index in [0.717, 1.165) is 41.0 Å². The third kappa shape index (κ3) is 4.08. The van der Waals surface area contributed by atoms with E-state index < -0.39 is 0 Å². The summed E-state index contributed by atoms with van der Waals surface area (Å²) in [5.74, 6) is 6.75. The zero-order valence-corrected chi connectivity index (χ0v) is 18.0. The lowest BCUT2D eigenvalue weighted by Gasteiger charge is -2.35. The number of nitrogens with one attached hydrogen (secondary N) is 1. The number of anilines is 1. The summed E-state index contributed by atoms with van der Waals surface area (Å²) in [6.45, 7) is 1.64. The summed E-state index contributed by atoms with van der Waals surface area (Å²) >= 11 is 0. The van der Waals surface area contributed by atoms with Crippen molar-refractivity contribution >= 4 is 22.8 Å². The summed E-state index contributed by atoms with van der Waals surface area (Å²) < 4.78 is 7.79. The second kappa shape index (κ2) is 8.63. The number of hydrogen-bond donors (Lipinski definition) is 2. The summed E-state index contributed by atoms with van der Waals surface area (Å²) in [6.07, 6.45) is 2.95. The molecule has 0 atom stereocenters. The fourth-order valence-corrected chi connectivity index (χ4v) is 4.00. The summed E-state index contributed by atoms with van der Waals surface area (Å²) in [7, 11) is 0. The van der Waals surface area contributed by atoms with Crippen LogP contribution in [0.25, 0.3) is 22.3 Å². The first-order valence-electron chi connectivity index (χ1n) is 10.7. The van der Waals surface area contributed by atoms with Crippen LogP contribution in [0.4, 0.5) is 5.82 Å². The molecule has 0 spiro atoms. The van der Waals surface area contributed by atoms with Crippen molar-refractivity contribution in [2.75, 3.05) is 5.73 Å². The summed E-state index contributed by atoms with van der Waals surface area (Å²) in [5, 5.41) is 8.50. The molecular formula is C25H22N6O2. The second-order valence-corrected chi connectivity index (χ2v) is 7.86. The molecule has 4 aromatic rings. The van der Waals surface area contributed by atoms with E-state index in [1.165, 1.54) is 6.33 Å². The van der Waals surface area contributed by atoms with E-state index in [1.54, 1.807) is 6.92 Å². The van der Waals surface area contributed by atoms with Gasteiger partial charge in [-0.25, -0.2) is 14.6 Å². The van der Waals surface area contributed by atoms with Crippen molar-refractivity contribution in [3.8, 4) is 34.6 Å². The second-order valence-electron chi connectivity index (χ2n) is 7.86. The van der Waals surface area contributed by atoms with Crippen LogP contribution in [0.5, 0.6) is 11.5 Å². The Kier molecular flexibility index (Phi) is 5.37. The molecule has 8 nitrogen and oxygen atoms in total. The third-order valence-corrected chi connectivity index (χ3v) is 5.66. The number of aromatic nitrogens is 4. The third-order valence-electron chi connectivity index (χ3n) is 5.66. The molecule has 8 heteroatoms. The average molecular weight is 438 g/mol. The number of amides is 1. The normalized spacial score (nSPS) is 17.0. The maximum atomic E-state index is 11.7. The molecule has 164 valence electrons. The molecule has 0 aliphatic heterocycles. The van der Waals surface area contributed by atoms with Gasteiger partial charge in [0.15, 0.2) is 5.65 Å². The number of carbonyl (C=O) groups is 1. The predicted molar refractivity (Wildman–Crippen MR) is 125 cm³/mol. The first-order chi connectivity index (χ1) is 16.1. The zero-order valence-electron chi connectivity index (χ0n) is 18.0. The first-order valence-corrected chi connectivity index (χ1v) is 10.7. The van der Waals surface area contributed by atoms with E-state index in [9.17, 15) is 4.79 Å². The molecule has 0 bridgehead atoms. The number of carbonyl (C=O) groups excluding carboxylic acids is 1. The Bertz CT molecular complexity index is 1360. The van der Waals surface area contributed by atoms with E-state index in [1.807, 2.05) is 59.3 Å². The van der Waals surface area contributed by atoms with Crippen molar-refractivity contribution in [2.45, 2.75) is 31.8 Å². The van der Waals surface area contributed by atoms with Crippen LogP contribution in [-0.2, 0) is 4.79 Å². The molecule has 0 unspecified atom stereocenters. The molecule has 2 aromatic carbocycles. The highest BCUT2D eigenvalue weighted by Gasteiger charge is 2.34. The van der Waals surface area contributed by atoms with Crippen LogP contribution in [-0.4, -0.2) is 31.7 Å². The van der Waals surface area contributed by atoms with E-state index in [4.69, 9.17) is 15.6 Å². The maximum Gasteiger partial charge on any atom is 0.296 e. The average Bonchev–Trinajstić information content (AvgIpc) is 3.18. The monoisotopic (exact) mass is 438 g/mol. The van der Waals surface area contributed by atoms with Crippen LogP contribution < -0.4 is 15.8 Å². The Morgan fingerprint density at radius 3 is 2.55 bits per heavy atom. The van der Waals surface area contributed by atoms with Gasteiger partial charge in [0.05, 0.1) is 11.4 Å². The van der Waals surface area contributed by atoms with Crippen molar-refractivity contribution in [3.63, 3.8) is 0 Å². The van der Waals surface area contributed by atoms with Crippen LogP contribution in [0.1, 0.15) is 25.8 Å². The Morgan fingerprint density at radius 2 is 1.82 bits per heavy atom. The Morgan fingerprint density at radius 1 is 1.09 bits per heavy atom. The Hall–Kier alpha value is -4.38. The van der Waals surface area contributed by atoms with Gasteiger partial charge in [0.1, 0.15) is 29.3 Å². The molecule has 0 saturated heterocycles. The molecule has 2 aromatic heterocycles. The van der Waals surface area contributed by atoms with Crippen molar-refractivity contribution < 1.29 is 9.53 Å².